The topological polar surface area (TPSA) is 55.1 Å². The van der Waals surface area contributed by atoms with E-state index in [-0.39, 0.29) is 11.9 Å². The zero-order valence-corrected chi connectivity index (χ0v) is 9.36. The second kappa shape index (κ2) is 5.82. The van der Waals surface area contributed by atoms with E-state index >= 15 is 0 Å². The molecule has 0 aliphatic carbocycles. The number of nitrogens with one attached hydrogen (secondary N) is 1. The lowest BCUT2D eigenvalue weighted by molar-refractivity contribution is -0.120. The van der Waals surface area contributed by atoms with Crippen LogP contribution in [0.2, 0.25) is 0 Å². The molecule has 0 aliphatic rings. The Balaban J connectivity index is 2.55. The van der Waals surface area contributed by atoms with Gasteiger partial charge in [-0.1, -0.05) is 25.0 Å². The summed E-state index contributed by atoms with van der Waals surface area (Å²) >= 11 is 0. The smallest absolute Gasteiger partial charge is 0.225 e. The van der Waals surface area contributed by atoms with E-state index in [1.807, 2.05) is 19.1 Å². The van der Waals surface area contributed by atoms with E-state index < -0.39 is 0 Å². The Bertz CT molecular complexity index is 407. The molecular weight excluding hydrogens is 200 g/mol. The van der Waals surface area contributed by atoms with Crippen molar-refractivity contribution in [3.05, 3.63) is 29.8 Å². The van der Waals surface area contributed by atoms with Gasteiger partial charge in [0.2, 0.25) is 5.91 Å². The van der Waals surface area contributed by atoms with Gasteiger partial charge in [-0.15, -0.1) is 6.42 Å². The van der Waals surface area contributed by atoms with Crippen LogP contribution in [-0.2, 0) is 11.2 Å². The van der Waals surface area contributed by atoms with Crippen molar-refractivity contribution in [2.75, 3.05) is 5.73 Å². The fourth-order valence-corrected chi connectivity index (χ4v) is 1.40. The number of benzene rings is 1. The van der Waals surface area contributed by atoms with Crippen molar-refractivity contribution in [2.24, 2.45) is 0 Å². The van der Waals surface area contributed by atoms with Crippen molar-refractivity contribution < 1.29 is 4.79 Å². The molecule has 0 radical (unpaired) electrons. The molecule has 0 fully saturated rings. The second-order valence-electron chi connectivity index (χ2n) is 3.62. The van der Waals surface area contributed by atoms with E-state index in [9.17, 15) is 4.79 Å². The van der Waals surface area contributed by atoms with E-state index in [4.69, 9.17) is 12.2 Å². The number of carbonyl (C=O) groups is 1. The highest BCUT2D eigenvalue weighted by atomic mass is 16.1. The molecule has 1 rings (SSSR count). The van der Waals surface area contributed by atoms with Gasteiger partial charge >= 0.3 is 0 Å². The summed E-state index contributed by atoms with van der Waals surface area (Å²) in [6.45, 7) is 1.94. The van der Waals surface area contributed by atoms with E-state index in [2.05, 4.69) is 11.2 Å². The number of terminal acetylenes is 1. The Kier molecular flexibility index (Phi) is 4.41. The molecule has 0 bridgehead atoms. The third-order valence-corrected chi connectivity index (χ3v) is 2.26. The summed E-state index contributed by atoms with van der Waals surface area (Å²) in [6, 6.07) is 7.09. The number of rotatable bonds is 4. The van der Waals surface area contributed by atoms with Crippen molar-refractivity contribution in [3.63, 3.8) is 0 Å². The normalized spacial score (nSPS) is 11.5. The van der Waals surface area contributed by atoms with E-state index in [0.717, 1.165) is 12.0 Å². The average molecular weight is 216 g/mol. The van der Waals surface area contributed by atoms with Gasteiger partial charge in [-0.2, -0.15) is 0 Å². The highest BCUT2D eigenvalue weighted by Gasteiger charge is 2.07. The molecule has 0 saturated carbocycles. The van der Waals surface area contributed by atoms with Crippen LogP contribution >= 0.6 is 0 Å². The van der Waals surface area contributed by atoms with E-state index in [1.165, 1.54) is 0 Å². The predicted molar refractivity (Wildman–Crippen MR) is 65.6 cm³/mol. The third-order valence-electron chi connectivity index (χ3n) is 2.26. The van der Waals surface area contributed by atoms with Gasteiger partial charge in [0.25, 0.3) is 0 Å². The first-order valence-corrected chi connectivity index (χ1v) is 5.25. The van der Waals surface area contributed by atoms with Crippen molar-refractivity contribution in [3.8, 4) is 12.3 Å². The summed E-state index contributed by atoms with van der Waals surface area (Å²) < 4.78 is 0. The minimum absolute atomic E-state index is 0.0737. The third kappa shape index (κ3) is 3.66. The van der Waals surface area contributed by atoms with Gasteiger partial charge in [0.05, 0.1) is 12.5 Å². The lowest BCUT2D eigenvalue weighted by Crippen LogP contribution is -2.34. The molecule has 0 aromatic heterocycles. The summed E-state index contributed by atoms with van der Waals surface area (Å²) in [6.07, 6.45) is 6.31. The Morgan fingerprint density at radius 3 is 2.94 bits per heavy atom. The van der Waals surface area contributed by atoms with Crippen LogP contribution in [0.1, 0.15) is 18.9 Å². The molecule has 16 heavy (non-hydrogen) atoms. The van der Waals surface area contributed by atoms with Crippen LogP contribution in [0.5, 0.6) is 0 Å². The number of hydrogen-bond donors (Lipinski definition) is 2. The van der Waals surface area contributed by atoms with Crippen LogP contribution in [0.15, 0.2) is 24.3 Å². The maximum atomic E-state index is 11.6. The van der Waals surface area contributed by atoms with Gasteiger partial charge in [-0.3, -0.25) is 4.79 Å². The van der Waals surface area contributed by atoms with Crippen LogP contribution in [0.4, 0.5) is 5.69 Å². The van der Waals surface area contributed by atoms with Gasteiger partial charge < -0.3 is 11.1 Å². The monoisotopic (exact) mass is 216 g/mol. The largest absolute Gasteiger partial charge is 0.399 e. The molecule has 1 unspecified atom stereocenters. The van der Waals surface area contributed by atoms with Gasteiger partial charge in [0.1, 0.15) is 0 Å². The van der Waals surface area contributed by atoms with Gasteiger partial charge in [0, 0.05) is 5.69 Å². The minimum Gasteiger partial charge on any atom is -0.399 e. The fraction of sp³-hybridized carbons (Fsp3) is 0.308. The molecule has 3 nitrogen and oxygen atoms in total. The van der Waals surface area contributed by atoms with Gasteiger partial charge in [-0.25, -0.2) is 0 Å². The van der Waals surface area contributed by atoms with Crippen molar-refractivity contribution in [1.82, 2.24) is 5.32 Å². The lowest BCUT2D eigenvalue weighted by atomic mass is 10.1. The molecular formula is C13H16N2O. The van der Waals surface area contributed by atoms with Crippen LogP contribution < -0.4 is 11.1 Å². The first kappa shape index (κ1) is 12.1. The molecule has 3 heteroatoms. The van der Waals surface area contributed by atoms with Crippen molar-refractivity contribution >= 4 is 11.6 Å². The van der Waals surface area contributed by atoms with Crippen LogP contribution in [0.25, 0.3) is 0 Å². The number of anilines is 1. The van der Waals surface area contributed by atoms with Gasteiger partial charge in [0.15, 0.2) is 0 Å². The number of nitrogens with two attached hydrogens (primary N) is 1. The fourth-order valence-electron chi connectivity index (χ4n) is 1.40. The molecule has 84 valence electrons. The van der Waals surface area contributed by atoms with E-state index in [1.54, 1.807) is 12.1 Å². The predicted octanol–water partition coefficient (Wildman–Crippen LogP) is 1.34. The first-order valence-electron chi connectivity index (χ1n) is 5.25. The standard InChI is InChI=1S/C13H16N2O/c1-3-12(4-2)15-13(16)9-10-6-5-7-11(14)8-10/h1,5-8,12H,4,9,14H2,2H3,(H,15,16). The van der Waals surface area contributed by atoms with Crippen molar-refractivity contribution in [2.45, 2.75) is 25.8 Å². The lowest BCUT2D eigenvalue weighted by Gasteiger charge is -2.10. The number of carbonyl (C=O) groups excluding carboxylic acids is 1. The zero-order chi connectivity index (χ0) is 12.0. The molecule has 1 amide bonds. The summed E-state index contributed by atoms with van der Waals surface area (Å²) in [5.41, 5.74) is 7.18. The average Bonchev–Trinajstić information content (AvgIpc) is 2.26. The summed E-state index contributed by atoms with van der Waals surface area (Å²) in [5, 5.41) is 2.77. The zero-order valence-electron chi connectivity index (χ0n) is 9.36. The van der Waals surface area contributed by atoms with E-state index in [0.29, 0.717) is 12.1 Å². The molecule has 3 N–H and O–H groups in total. The molecule has 1 atom stereocenters. The molecule has 1 aromatic carbocycles. The maximum Gasteiger partial charge on any atom is 0.225 e. The minimum atomic E-state index is -0.187. The Morgan fingerprint density at radius 2 is 2.38 bits per heavy atom. The molecule has 0 saturated heterocycles. The first-order chi connectivity index (χ1) is 7.65. The van der Waals surface area contributed by atoms with Crippen LogP contribution in [-0.4, -0.2) is 11.9 Å². The van der Waals surface area contributed by atoms with Crippen LogP contribution in [0, 0.1) is 12.3 Å². The highest BCUT2D eigenvalue weighted by molar-refractivity contribution is 5.79. The summed E-state index contributed by atoms with van der Waals surface area (Å²) in [5.74, 6) is 2.45. The van der Waals surface area contributed by atoms with Gasteiger partial charge in [-0.05, 0) is 24.1 Å². The number of nitrogen functional groups attached to an aromatic ring is 1. The Morgan fingerprint density at radius 1 is 1.62 bits per heavy atom. The number of amides is 1. The van der Waals surface area contributed by atoms with Crippen LogP contribution in [0.3, 0.4) is 0 Å². The summed E-state index contributed by atoms with van der Waals surface area (Å²) in [7, 11) is 0. The maximum absolute atomic E-state index is 11.6. The Hall–Kier alpha value is -1.95. The highest BCUT2D eigenvalue weighted by Crippen LogP contribution is 2.07. The number of hydrogen-bond acceptors (Lipinski definition) is 2. The molecule has 0 spiro atoms. The second-order valence-corrected chi connectivity index (χ2v) is 3.62. The SMILES string of the molecule is C#CC(CC)NC(=O)Cc1cccc(N)c1. The molecule has 1 aromatic rings. The van der Waals surface area contributed by atoms with Crippen molar-refractivity contribution in [1.29, 1.82) is 0 Å². The molecule has 0 aliphatic heterocycles. The Labute approximate surface area is 96.0 Å². The molecule has 0 heterocycles. The quantitative estimate of drug-likeness (QED) is 0.589. The summed E-state index contributed by atoms with van der Waals surface area (Å²) in [4.78, 5) is 11.6.